The number of hydrogen-bond donors (Lipinski definition) is 1. The van der Waals surface area contributed by atoms with Crippen molar-refractivity contribution in [2.75, 3.05) is 5.32 Å². The number of amides is 1. The van der Waals surface area contributed by atoms with Crippen molar-refractivity contribution in [2.45, 2.75) is 6.92 Å². The number of pyridine rings is 1. The summed E-state index contributed by atoms with van der Waals surface area (Å²) in [4.78, 5) is 21.3. The molecule has 4 rings (SSSR count). The molecule has 0 saturated heterocycles. The second kappa shape index (κ2) is 6.89. The van der Waals surface area contributed by atoms with Gasteiger partial charge in [0.2, 0.25) is 0 Å². The van der Waals surface area contributed by atoms with Crippen LogP contribution >= 0.6 is 11.3 Å². The fourth-order valence-corrected chi connectivity index (χ4v) is 3.27. The topological polar surface area (TPSA) is 72.7 Å². The minimum absolute atomic E-state index is 0.175. The van der Waals surface area contributed by atoms with Gasteiger partial charge in [-0.05, 0) is 49.4 Å². The van der Waals surface area contributed by atoms with E-state index >= 15 is 0 Å². The standard InChI is InChI=1S/C19H15N5OS/c1-13-8-11-24(23-13)16-4-2-15(3-5-16)22-18(25)17-12-21-19(26-17)14-6-9-20-10-7-14/h2-12H,1H3,(H,22,25). The van der Waals surface area contributed by atoms with Crippen LogP contribution in [0.15, 0.2) is 67.3 Å². The monoisotopic (exact) mass is 361 g/mol. The third kappa shape index (κ3) is 3.38. The van der Waals surface area contributed by atoms with Gasteiger partial charge >= 0.3 is 0 Å². The normalized spacial score (nSPS) is 10.7. The largest absolute Gasteiger partial charge is 0.321 e. The van der Waals surface area contributed by atoms with Gasteiger partial charge in [0.25, 0.3) is 5.91 Å². The van der Waals surface area contributed by atoms with Crippen LogP contribution in [0.2, 0.25) is 0 Å². The molecule has 0 spiro atoms. The number of nitrogens with one attached hydrogen (secondary N) is 1. The first-order valence-electron chi connectivity index (χ1n) is 7.99. The number of nitrogens with zero attached hydrogens (tertiary/aromatic N) is 4. The number of hydrogen-bond acceptors (Lipinski definition) is 5. The fourth-order valence-electron chi connectivity index (χ4n) is 2.46. The lowest BCUT2D eigenvalue weighted by atomic mass is 10.3. The number of aromatic nitrogens is 4. The summed E-state index contributed by atoms with van der Waals surface area (Å²) in [6.07, 6.45) is 6.91. The summed E-state index contributed by atoms with van der Waals surface area (Å²) in [5.41, 5.74) is 3.57. The van der Waals surface area contributed by atoms with Crippen LogP contribution in [0.25, 0.3) is 16.3 Å². The quantitative estimate of drug-likeness (QED) is 0.597. The number of carbonyl (C=O) groups is 1. The Labute approximate surface area is 154 Å². The molecule has 0 fully saturated rings. The van der Waals surface area contributed by atoms with E-state index in [1.54, 1.807) is 23.3 Å². The summed E-state index contributed by atoms with van der Waals surface area (Å²) in [6, 6.07) is 13.2. The lowest BCUT2D eigenvalue weighted by molar-refractivity contribution is 0.103. The molecular formula is C19H15N5OS. The van der Waals surface area contributed by atoms with Gasteiger partial charge in [0.1, 0.15) is 9.88 Å². The summed E-state index contributed by atoms with van der Waals surface area (Å²) in [7, 11) is 0. The van der Waals surface area contributed by atoms with Crippen molar-refractivity contribution >= 4 is 22.9 Å². The van der Waals surface area contributed by atoms with Crippen molar-refractivity contribution in [3.63, 3.8) is 0 Å². The fraction of sp³-hybridized carbons (Fsp3) is 0.0526. The van der Waals surface area contributed by atoms with Crippen molar-refractivity contribution in [1.29, 1.82) is 0 Å². The zero-order chi connectivity index (χ0) is 17.9. The number of anilines is 1. The van der Waals surface area contributed by atoms with Crippen LogP contribution in [0.5, 0.6) is 0 Å². The molecule has 0 aliphatic rings. The summed E-state index contributed by atoms with van der Waals surface area (Å²) >= 11 is 1.35. The van der Waals surface area contributed by atoms with Crippen LogP contribution in [0.4, 0.5) is 5.69 Å². The second-order valence-electron chi connectivity index (χ2n) is 5.67. The Kier molecular flexibility index (Phi) is 4.28. The molecule has 4 aromatic rings. The van der Waals surface area contributed by atoms with E-state index in [4.69, 9.17) is 0 Å². The van der Waals surface area contributed by atoms with Crippen LogP contribution in [0, 0.1) is 6.92 Å². The predicted octanol–water partition coefficient (Wildman–Crippen LogP) is 3.95. The average molecular weight is 361 g/mol. The first kappa shape index (κ1) is 16.2. The highest BCUT2D eigenvalue weighted by Gasteiger charge is 2.12. The third-order valence-electron chi connectivity index (χ3n) is 3.77. The molecule has 0 saturated carbocycles. The Morgan fingerprint density at radius 2 is 1.85 bits per heavy atom. The zero-order valence-corrected chi connectivity index (χ0v) is 14.8. The van der Waals surface area contributed by atoms with E-state index in [1.807, 2.05) is 55.6 Å². The summed E-state index contributed by atoms with van der Waals surface area (Å²) in [6.45, 7) is 1.94. The van der Waals surface area contributed by atoms with Gasteiger partial charge in [-0.2, -0.15) is 5.10 Å². The number of benzene rings is 1. The molecule has 1 amide bonds. The smallest absolute Gasteiger partial charge is 0.267 e. The zero-order valence-electron chi connectivity index (χ0n) is 14.0. The van der Waals surface area contributed by atoms with Gasteiger partial charge in [0, 0.05) is 29.8 Å². The average Bonchev–Trinajstić information content (AvgIpc) is 3.32. The Morgan fingerprint density at radius 1 is 1.08 bits per heavy atom. The van der Waals surface area contributed by atoms with Gasteiger partial charge in [-0.3, -0.25) is 9.78 Å². The maximum atomic E-state index is 12.4. The molecule has 1 N–H and O–H groups in total. The van der Waals surface area contributed by atoms with Crippen molar-refractivity contribution < 1.29 is 4.79 Å². The molecule has 0 unspecified atom stereocenters. The molecule has 0 atom stereocenters. The maximum absolute atomic E-state index is 12.4. The molecular weight excluding hydrogens is 346 g/mol. The van der Waals surface area contributed by atoms with Crippen LogP contribution in [-0.2, 0) is 0 Å². The molecule has 1 aromatic carbocycles. The van der Waals surface area contributed by atoms with E-state index in [1.165, 1.54) is 11.3 Å². The number of thiazole rings is 1. The van der Waals surface area contributed by atoms with Gasteiger partial charge in [0.15, 0.2) is 0 Å². The Morgan fingerprint density at radius 3 is 2.54 bits per heavy atom. The van der Waals surface area contributed by atoms with Gasteiger partial charge in [0.05, 0.1) is 17.6 Å². The summed E-state index contributed by atoms with van der Waals surface area (Å²) in [5, 5.41) is 8.06. The number of aryl methyl sites for hydroxylation is 1. The van der Waals surface area contributed by atoms with E-state index < -0.39 is 0 Å². The molecule has 3 heterocycles. The lowest BCUT2D eigenvalue weighted by Crippen LogP contribution is -2.10. The van der Waals surface area contributed by atoms with Crippen LogP contribution in [-0.4, -0.2) is 25.7 Å². The second-order valence-corrected chi connectivity index (χ2v) is 6.70. The highest BCUT2D eigenvalue weighted by molar-refractivity contribution is 7.17. The molecule has 0 aliphatic heterocycles. The molecule has 6 nitrogen and oxygen atoms in total. The molecule has 0 bridgehead atoms. The molecule has 0 radical (unpaired) electrons. The van der Waals surface area contributed by atoms with Crippen LogP contribution in [0.1, 0.15) is 15.4 Å². The Balaban J connectivity index is 1.47. The Hall–Kier alpha value is -3.32. The van der Waals surface area contributed by atoms with Gasteiger partial charge < -0.3 is 5.32 Å². The van der Waals surface area contributed by atoms with E-state index in [0.717, 1.165) is 27.6 Å². The van der Waals surface area contributed by atoms with E-state index in [-0.39, 0.29) is 5.91 Å². The molecule has 3 aromatic heterocycles. The minimum Gasteiger partial charge on any atom is -0.321 e. The lowest BCUT2D eigenvalue weighted by Gasteiger charge is -2.05. The van der Waals surface area contributed by atoms with E-state index in [2.05, 4.69) is 20.4 Å². The maximum Gasteiger partial charge on any atom is 0.267 e. The summed E-state index contributed by atoms with van der Waals surface area (Å²) in [5.74, 6) is -0.175. The van der Waals surface area contributed by atoms with Crippen molar-refractivity contribution in [2.24, 2.45) is 0 Å². The van der Waals surface area contributed by atoms with Gasteiger partial charge in [-0.1, -0.05) is 0 Å². The van der Waals surface area contributed by atoms with Crippen LogP contribution < -0.4 is 5.32 Å². The first-order valence-corrected chi connectivity index (χ1v) is 8.81. The molecule has 0 aliphatic carbocycles. The number of rotatable bonds is 4. The summed E-state index contributed by atoms with van der Waals surface area (Å²) < 4.78 is 1.80. The molecule has 26 heavy (non-hydrogen) atoms. The third-order valence-corrected chi connectivity index (χ3v) is 4.81. The predicted molar refractivity (Wildman–Crippen MR) is 102 cm³/mol. The Bertz CT molecular complexity index is 1040. The molecule has 128 valence electrons. The molecule has 7 heteroatoms. The van der Waals surface area contributed by atoms with Gasteiger partial charge in [-0.25, -0.2) is 9.67 Å². The number of carbonyl (C=O) groups excluding carboxylic acids is 1. The van der Waals surface area contributed by atoms with E-state index in [9.17, 15) is 4.79 Å². The van der Waals surface area contributed by atoms with Crippen LogP contribution in [0.3, 0.4) is 0 Å². The SMILES string of the molecule is Cc1ccn(-c2ccc(NC(=O)c3cnc(-c4ccncc4)s3)cc2)n1. The first-order chi connectivity index (χ1) is 12.7. The van der Waals surface area contributed by atoms with Gasteiger partial charge in [-0.15, -0.1) is 11.3 Å². The van der Waals surface area contributed by atoms with Crippen molar-refractivity contribution in [3.05, 3.63) is 77.8 Å². The van der Waals surface area contributed by atoms with Crippen molar-refractivity contribution in [1.82, 2.24) is 19.7 Å². The minimum atomic E-state index is -0.175. The highest BCUT2D eigenvalue weighted by atomic mass is 32.1. The highest BCUT2D eigenvalue weighted by Crippen LogP contribution is 2.25. The van der Waals surface area contributed by atoms with Crippen molar-refractivity contribution in [3.8, 4) is 16.3 Å². The van der Waals surface area contributed by atoms with E-state index in [0.29, 0.717) is 4.88 Å².